The summed E-state index contributed by atoms with van der Waals surface area (Å²) in [6.45, 7) is 0.596. The van der Waals surface area contributed by atoms with Crippen LogP contribution in [0.3, 0.4) is 0 Å². The highest BCUT2D eigenvalue weighted by Gasteiger charge is 2.15. The summed E-state index contributed by atoms with van der Waals surface area (Å²) in [5.74, 6) is 0.797. The summed E-state index contributed by atoms with van der Waals surface area (Å²) in [5.41, 5.74) is 0. The Kier molecular flexibility index (Phi) is 3.49. The van der Waals surface area contributed by atoms with Crippen LogP contribution in [0.2, 0.25) is 0 Å². The highest BCUT2D eigenvalue weighted by atomic mass is 32.1. The van der Waals surface area contributed by atoms with Crippen LogP contribution in [-0.4, -0.2) is 26.3 Å². The highest BCUT2D eigenvalue weighted by molar-refractivity contribution is 7.80. The van der Waals surface area contributed by atoms with Crippen molar-refractivity contribution < 1.29 is 0 Å². The van der Waals surface area contributed by atoms with E-state index in [1.54, 1.807) is 0 Å². The number of thiocarbonyl (C=S) groups is 1. The molecule has 0 aliphatic heterocycles. The molecule has 82 valence electrons. The Hall–Kier alpha value is -1.17. The van der Waals surface area contributed by atoms with E-state index in [4.69, 9.17) is 12.2 Å². The van der Waals surface area contributed by atoms with Gasteiger partial charge in [-0.3, -0.25) is 5.10 Å². The van der Waals surface area contributed by atoms with E-state index >= 15 is 0 Å². The first-order valence-electron chi connectivity index (χ1n) is 5.23. The van der Waals surface area contributed by atoms with Crippen molar-refractivity contribution in [1.82, 2.24) is 25.8 Å². The van der Waals surface area contributed by atoms with Crippen LogP contribution >= 0.6 is 12.2 Å². The van der Waals surface area contributed by atoms with Crippen molar-refractivity contribution in [3.63, 3.8) is 0 Å². The van der Waals surface area contributed by atoms with Gasteiger partial charge < -0.3 is 10.6 Å². The van der Waals surface area contributed by atoms with Gasteiger partial charge in [0.2, 0.25) is 0 Å². The molecule has 15 heavy (non-hydrogen) atoms. The average Bonchev–Trinajstić information content (AvgIpc) is 2.86. The van der Waals surface area contributed by atoms with Crippen LogP contribution in [0.15, 0.2) is 6.33 Å². The molecule has 1 aliphatic carbocycles. The predicted molar refractivity (Wildman–Crippen MR) is 61.2 cm³/mol. The largest absolute Gasteiger partial charge is 0.360 e. The van der Waals surface area contributed by atoms with E-state index in [2.05, 4.69) is 25.8 Å². The zero-order chi connectivity index (χ0) is 10.5. The van der Waals surface area contributed by atoms with Gasteiger partial charge in [-0.25, -0.2) is 4.98 Å². The second-order valence-electron chi connectivity index (χ2n) is 3.74. The van der Waals surface area contributed by atoms with E-state index < -0.39 is 0 Å². The summed E-state index contributed by atoms with van der Waals surface area (Å²) < 4.78 is 0. The number of hydrogen-bond donors (Lipinski definition) is 3. The molecule has 2 rings (SSSR count). The monoisotopic (exact) mass is 225 g/mol. The van der Waals surface area contributed by atoms with Gasteiger partial charge >= 0.3 is 0 Å². The smallest absolute Gasteiger partial charge is 0.166 e. The lowest BCUT2D eigenvalue weighted by Gasteiger charge is -2.14. The van der Waals surface area contributed by atoms with Crippen LogP contribution in [0.1, 0.15) is 31.5 Å². The summed E-state index contributed by atoms with van der Waals surface area (Å²) in [6.07, 6.45) is 6.56. The summed E-state index contributed by atoms with van der Waals surface area (Å²) in [7, 11) is 0. The molecule has 5 nitrogen and oxygen atoms in total. The molecule has 6 heteroatoms. The third-order valence-corrected chi connectivity index (χ3v) is 2.83. The maximum atomic E-state index is 5.18. The summed E-state index contributed by atoms with van der Waals surface area (Å²) in [6, 6.07) is 0.555. The first-order chi connectivity index (χ1) is 7.34. The van der Waals surface area contributed by atoms with Crippen molar-refractivity contribution in [2.24, 2.45) is 0 Å². The van der Waals surface area contributed by atoms with E-state index in [0.29, 0.717) is 17.7 Å². The molecule has 0 radical (unpaired) electrons. The lowest BCUT2D eigenvalue weighted by Crippen LogP contribution is -2.40. The Bertz CT molecular complexity index is 304. The minimum absolute atomic E-state index is 0.555. The lowest BCUT2D eigenvalue weighted by atomic mass is 10.3. The van der Waals surface area contributed by atoms with Gasteiger partial charge in [-0.05, 0) is 25.1 Å². The van der Waals surface area contributed by atoms with Gasteiger partial charge in [0.25, 0.3) is 0 Å². The zero-order valence-electron chi connectivity index (χ0n) is 8.49. The van der Waals surface area contributed by atoms with E-state index in [-0.39, 0.29) is 0 Å². The van der Waals surface area contributed by atoms with Gasteiger partial charge in [-0.2, -0.15) is 5.10 Å². The van der Waals surface area contributed by atoms with Crippen LogP contribution < -0.4 is 10.6 Å². The van der Waals surface area contributed by atoms with Gasteiger partial charge in [0.05, 0.1) is 6.54 Å². The summed E-state index contributed by atoms with van der Waals surface area (Å²) >= 11 is 5.18. The third-order valence-electron chi connectivity index (χ3n) is 2.57. The molecule has 3 N–H and O–H groups in total. The second-order valence-corrected chi connectivity index (χ2v) is 4.15. The summed E-state index contributed by atoms with van der Waals surface area (Å²) in [4.78, 5) is 4.00. The molecule has 1 aliphatic rings. The maximum Gasteiger partial charge on any atom is 0.166 e. The summed E-state index contributed by atoms with van der Waals surface area (Å²) in [5, 5.41) is 13.6. The first-order valence-corrected chi connectivity index (χ1v) is 5.64. The molecule has 0 aromatic carbocycles. The fraction of sp³-hybridized carbons (Fsp3) is 0.667. The van der Waals surface area contributed by atoms with Gasteiger partial charge in [0.1, 0.15) is 12.2 Å². The average molecular weight is 225 g/mol. The molecule has 0 saturated heterocycles. The molecule has 1 aromatic heterocycles. The van der Waals surface area contributed by atoms with E-state index in [0.717, 1.165) is 5.82 Å². The van der Waals surface area contributed by atoms with Crippen molar-refractivity contribution in [3.8, 4) is 0 Å². The molecular weight excluding hydrogens is 210 g/mol. The molecule has 0 amide bonds. The Labute approximate surface area is 94.1 Å². The van der Waals surface area contributed by atoms with Crippen LogP contribution in [0, 0.1) is 0 Å². The molecular formula is C9H15N5S. The quantitative estimate of drug-likeness (QED) is 0.661. The highest BCUT2D eigenvalue weighted by Crippen LogP contribution is 2.17. The van der Waals surface area contributed by atoms with Gasteiger partial charge in [-0.1, -0.05) is 12.8 Å². The number of aromatic amines is 1. The number of nitrogens with one attached hydrogen (secondary N) is 3. The predicted octanol–water partition coefficient (Wildman–Crippen LogP) is 0.711. The third kappa shape index (κ3) is 3.16. The second kappa shape index (κ2) is 5.06. The SMILES string of the molecule is S=C(NCc1ncn[nH]1)NC1CCCC1. The van der Waals surface area contributed by atoms with Crippen molar-refractivity contribution in [1.29, 1.82) is 0 Å². The van der Waals surface area contributed by atoms with Crippen LogP contribution in [0.4, 0.5) is 0 Å². The van der Waals surface area contributed by atoms with E-state index in [9.17, 15) is 0 Å². The van der Waals surface area contributed by atoms with Crippen LogP contribution in [0.25, 0.3) is 0 Å². The van der Waals surface area contributed by atoms with Crippen molar-refractivity contribution in [3.05, 3.63) is 12.2 Å². The van der Waals surface area contributed by atoms with Gasteiger partial charge in [0.15, 0.2) is 5.11 Å². The maximum absolute atomic E-state index is 5.18. The lowest BCUT2D eigenvalue weighted by molar-refractivity contribution is 0.619. The normalized spacial score (nSPS) is 16.5. The van der Waals surface area contributed by atoms with E-state index in [1.807, 2.05) is 0 Å². The number of H-pyrrole nitrogens is 1. The molecule has 1 heterocycles. The molecule has 0 unspecified atom stereocenters. The Morgan fingerprint density at radius 1 is 1.53 bits per heavy atom. The van der Waals surface area contributed by atoms with Crippen molar-refractivity contribution >= 4 is 17.3 Å². The molecule has 0 atom stereocenters. The number of aromatic nitrogens is 3. The minimum atomic E-state index is 0.555. The molecule has 0 spiro atoms. The van der Waals surface area contributed by atoms with Crippen molar-refractivity contribution in [2.75, 3.05) is 0 Å². The minimum Gasteiger partial charge on any atom is -0.360 e. The Morgan fingerprint density at radius 2 is 2.33 bits per heavy atom. The number of rotatable bonds is 3. The molecule has 1 aromatic rings. The fourth-order valence-electron chi connectivity index (χ4n) is 1.79. The Balaban J connectivity index is 1.68. The topological polar surface area (TPSA) is 65.6 Å². The van der Waals surface area contributed by atoms with E-state index in [1.165, 1.54) is 32.0 Å². The van der Waals surface area contributed by atoms with Crippen LogP contribution in [0.5, 0.6) is 0 Å². The van der Waals surface area contributed by atoms with Gasteiger partial charge in [0, 0.05) is 6.04 Å². The first kappa shape index (κ1) is 10.4. The van der Waals surface area contributed by atoms with Gasteiger partial charge in [-0.15, -0.1) is 0 Å². The fourth-order valence-corrected chi connectivity index (χ4v) is 2.03. The molecule has 0 bridgehead atoms. The molecule has 1 saturated carbocycles. The number of hydrogen-bond acceptors (Lipinski definition) is 3. The van der Waals surface area contributed by atoms with Crippen molar-refractivity contribution in [2.45, 2.75) is 38.3 Å². The van der Waals surface area contributed by atoms with Crippen LogP contribution in [-0.2, 0) is 6.54 Å². The Morgan fingerprint density at radius 3 is 3.00 bits per heavy atom. The molecule has 1 fully saturated rings. The standard InChI is InChI=1S/C9H15N5S/c15-9(13-7-3-1-2-4-7)10-5-8-11-6-12-14-8/h6-7H,1-5H2,(H2,10,13,15)(H,11,12,14). The number of nitrogens with zero attached hydrogens (tertiary/aromatic N) is 2. The zero-order valence-corrected chi connectivity index (χ0v) is 9.31.